The summed E-state index contributed by atoms with van der Waals surface area (Å²) in [6.07, 6.45) is 0.850. The summed E-state index contributed by atoms with van der Waals surface area (Å²) >= 11 is 0. The van der Waals surface area contributed by atoms with Crippen LogP contribution >= 0.6 is 0 Å². The number of rotatable bonds is 9. The van der Waals surface area contributed by atoms with E-state index in [9.17, 15) is 0 Å². The minimum Gasteiger partial charge on any atom is -0.374 e. The average Bonchev–Trinajstić information content (AvgIpc) is 2.19. The first-order valence-electron chi connectivity index (χ1n) is 5.53. The normalized spacial score (nSPS) is 11.3. The SMILES string of the molecule is C#[N+]CCC[Si](OCC)(OCC)OCC. The van der Waals surface area contributed by atoms with Crippen LogP contribution in [0.3, 0.4) is 0 Å². The van der Waals surface area contributed by atoms with E-state index in [0.29, 0.717) is 26.4 Å². The maximum atomic E-state index is 5.67. The summed E-state index contributed by atoms with van der Waals surface area (Å²) < 4.78 is 17.0. The van der Waals surface area contributed by atoms with Crippen LogP contribution in [0.4, 0.5) is 0 Å². The lowest BCUT2D eigenvalue weighted by molar-refractivity contribution is 0.0711. The molecule has 0 aromatic carbocycles. The molecule has 5 heteroatoms. The highest BCUT2D eigenvalue weighted by molar-refractivity contribution is 6.60. The maximum Gasteiger partial charge on any atom is 0.501 e. The van der Waals surface area contributed by atoms with Gasteiger partial charge in [0.05, 0.1) is 0 Å². The molecule has 0 spiro atoms. The van der Waals surface area contributed by atoms with Gasteiger partial charge in [-0.1, -0.05) is 4.85 Å². The highest BCUT2D eigenvalue weighted by Gasteiger charge is 2.40. The van der Waals surface area contributed by atoms with Gasteiger partial charge >= 0.3 is 8.80 Å². The van der Waals surface area contributed by atoms with Crippen LogP contribution in [0, 0.1) is 6.57 Å². The zero-order chi connectivity index (χ0) is 11.6. The predicted octanol–water partition coefficient (Wildman–Crippen LogP) is 2.39. The van der Waals surface area contributed by atoms with Crippen LogP contribution in [-0.4, -0.2) is 35.2 Å². The van der Waals surface area contributed by atoms with Gasteiger partial charge in [-0.05, 0) is 20.8 Å². The number of hydrogen-bond acceptors (Lipinski definition) is 3. The molecule has 0 rings (SSSR count). The van der Waals surface area contributed by atoms with Gasteiger partial charge in [-0.25, -0.2) is 0 Å². The van der Waals surface area contributed by atoms with E-state index < -0.39 is 8.80 Å². The van der Waals surface area contributed by atoms with Gasteiger partial charge in [0.25, 0.3) is 13.1 Å². The predicted molar refractivity (Wildman–Crippen MR) is 63.2 cm³/mol. The molecule has 0 aliphatic carbocycles. The first kappa shape index (κ1) is 14.6. The first-order valence-corrected chi connectivity index (χ1v) is 7.46. The van der Waals surface area contributed by atoms with Crippen molar-refractivity contribution >= 4 is 8.80 Å². The average molecular weight is 232 g/mol. The minimum absolute atomic E-state index is 0.617. The van der Waals surface area contributed by atoms with Crippen LogP contribution in [0.5, 0.6) is 0 Å². The van der Waals surface area contributed by atoms with Crippen LogP contribution in [0.2, 0.25) is 6.04 Å². The largest absolute Gasteiger partial charge is 0.501 e. The molecule has 0 amide bonds. The Morgan fingerprint density at radius 1 is 1.00 bits per heavy atom. The van der Waals surface area contributed by atoms with Crippen molar-refractivity contribution in [3.63, 3.8) is 0 Å². The van der Waals surface area contributed by atoms with Crippen molar-refractivity contribution in [3.8, 4) is 6.57 Å². The van der Waals surface area contributed by atoms with Gasteiger partial charge in [-0.15, -0.1) is 0 Å². The van der Waals surface area contributed by atoms with E-state index in [4.69, 9.17) is 19.9 Å². The number of nitrogens with zero attached hydrogens (tertiary/aromatic N) is 1. The summed E-state index contributed by atoms with van der Waals surface area (Å²) in [5.74, 6) is 0. The molecule has 0 heterocycles. The van der Waals surface area contributed by atoms with Crippen molar-refractivity contribution < 1.29 is 13.3 Å². The molecule has 0 N–H and O–H groups in total. The number of hydrogen-bond donors (Lipinski definition) is 0. The molecule has 0 radical (unpaired) electrons. The molecule has 88 valence electrons. The second-order valence-electron chi connectivity index (χ2n) is 2.99. The topological polar surface area (TPSA) is 32.0 Å². The van der Waals surface area contributed by atoms with Crippen LogP contribution in [0.25, 0.3) is 4.85 Å². The molecule has 0 bridgehead atoms. The Balaban J connectivity index is 4.25. The molecule has 0 fully saturated rings. The van der Waals surface area contributed by atoms with Gasteiger partial charge in [-0.2, -0.15) is 0 Å². The zero-order valence-electron chi connectivity index (χ0n) is 9.99. The summed E-state index contributed by atoms with van der Waals surface area (Å²) in [6.45, 7) is 13.4. The molecule has 0 atom stereocenters. The lowest BCUT2D eigenvalue weighted by atomic mass is 10.5. The van der Waals surface area contributed by atoms with Crippen molar-refractivity contribution in [2.75, 3.05) is 26.4 Å². The van der Waals surface area contributed by atoms with E-state index in [0.717, 1.165) is 12.5 Å². The molecule has 15 heavy (non-hydrogen) atoms. The second kappa shape index (κ2) is 8.86. The summed E-state index contributed by atoms with van der Waals surface area (Å²) in [5, 5.41) is 0. The van der Waals surface area contributed by atoms with Gasteiger partial charge in [0, 0.05) is 32.3 Å². The summed E-state index contributed by atoms with van der Waals surface area (Å²) in [6, 6.07) is 0.781. The molecule has 0 unspecified atom stereocenters. The second-order valence-corrected chi connectivity index (χ2v) is 5.72. The van der Waals surface area contributed by atoms with E-state index in [-0.39, 0.29) is 0 Å². The van der Waals surface area contributed by atoms with Crippen molar-refractivity contribution in [2.45, 2.75) is 33.2 Å². The lowest BCUT2D eigenvalue weighted by Crippen LogP contribution is -2.46. The van der Waals surface area contributed by atoms with Crippen LogP contribution in [-0.2, 0) is 13.3 Å². The van der Waals surface area contributed by atoms with Crippen molar-refractivity contribution in [1.82, 2.24) is 0 Å². The Morgan fingerprint density at radius 2 is 1.47 bits per heavy atom. The Hall–Kier alpha value is -0.413. The maximum absolute atomic E-state index is 5.67. The van der Waals surface area contributed by atoms with Crippen LogP contribution in [0.15, 0.2) is 0 Å². The quantitative estimate of drug-likeness (QED) is 0.452. The Bertz CT molecular complexity index is 177. The fourth-order valence-corrected chi connectivity index (χ4v) is 3.98. The first-order chi connectivity index (χ1) is 7.24. The Morgan fingerprint density at radius 3 is 1.80 bits per heavy atom. The molecular formula is C10H22NO3Si+. The van der Waals surface area contributed by atoms with Gasteiger partial charge in [0.1, 0.15) is 0 Å². The van der Waals surface area contributed by atoms with Crippen molar-refractivity contribution in [1.29, 1.82) is 0 Å². The van der Waals surface area contributed by atoms with Gasteiger partial charge in [-0.3, -0.25) is 0 Å². The van der Waals surface area contributed by atoms with E-state index in [1.807, 2.05) is 20.8 Å². The van der Waals surface area contributed by atoms with Crippen LogP contribution in [0.1, 0.15) is 27.2 Å². The fraction of sp³-hybridized carbons (Fsp3) is 0.900. The highest BCUT2D eigenvalue weighted by atomic mass is 28.4. The highest BCUT2D eigenvalue weighted by Crippen LogP contribution is 2.17. The molecular weight excluding hydrogens is 210 g/mol. The minimum atomic E-state index is -2.45. The molecule has 0 aromatic rings. The fourth-order valence-electron chi connectivity index (χ4n) is 1.39. The third-order valence-electron chi connectivity index (χ3n) is 1.86. The Kier molecular flexibility index (Phi) is 8.62. The summed E-state index contributed by atoms with van der Waals surface area (Å²) in [7, 11) is -2.45. The standard InChI is InChI=1S/C10H22NO3Si/c1-5-12-15(13-6-2,14-7-3)10-8-9-11-4/h4H,5-10H2,1-3H3/q+1. The Labute approximate surface area is 93.7 Å². The van der Waals surface area contributed by atoms with Crippen molar-refractivity contribution in [3.05, 3.63) is 4.85 Å². The molecule has 0 aliphatic rings. The van der Waals surface area contributed by atoms with Gasteiger partial charge < -0.3 is 13.3 Å². The van der Waals surface area contributed by atoms with E-state index >= 15 is 0 Å². The molecule has 0 aromatic heterocycles. The smallest absolute Gasteiger partial charge is 0.374 e. The lowest BCUT2D eigenvalue weighted by Gasteiger charge is -2.27. The van der Waals surface area contributed by atoms with Gasteiger partial charge in [0.2, 0.25) is 0 Å². The summed E-state index contributed by atoms with van der Waals surface area (Å²) in [4.78, 5) is 3.57. The molecule has 0 saturated carbocycles. The third kappa shape index (κ3) is 5.90. The summed E-state index contributed by atoms with van der Waals surface area (Å²) in [5.41, 5.74) is 0. The zero-order valence-corrected chi connectivity index (χ0v) is 11.0. The monoisotopic (exact) mass is 232 g/mol. The van der Waals surface area contributed by atoms with Gasteiger partial charge in [0.15, 0.2) is 0 Å². The molecule has 0 saturated heterocycles. The van der Waals surface area contributed by atoms with Crippen LogP contribution < -0.4 is 0 Å². The van der Waals surface area contributed by atoms with E-state index in [2.05, 4.69) is 4.85 Å². The third-order valence-corrected chi connectivity index (χ3v) is 5.01. The van der Waals surface area contributed by atoms with E-state index in [1.165, 1.54) is 0 Å². The molecule has 4 nitrogen and oxygen atoms in total. The molecule has 0 aliphatic heterocycles. The van der Waals surface area contributed by atoms with E-state index in [1.54, 1.807) is 0 Å². The van der Waals surface area contributed by atoms with Crippen molar-refractivity contribution in [2.24, 2.45) is 0 Å².